The van der Waals surface area contributed by atoms with E-state index in [1.165, 1.54) is 12.4 Å². The highest BCUT2D eigenvalue weighted by molar-refractivity contribution is 5.96. The number of aromatic nitrogens is 1. The fourth-order valence-corrected chi connectivity index (χ4v) is 1.65. The second kappa shape index (κ2) is 8.25. The molecule has 5 nitrogen and oxygen atoms in total. The molecule has 0 saturated heterocycles. The molecule has 1 aromatic heterocycles. The Morgan fingerprint density at radius 1 is 1.47 bits per heavy atom. The van der Waals surface area contributed by atoms with Gasteiger partial charge >= 0.3 is 0 Å². The third-order valence-electron chi connectivity index (χ3n) is 2.61. The van der Waals surface area contributed by atoms with Crippen LogP contribution >= 0.6 is 0 Å². The Morgan fingerprint density at radius 3 is 2.89 bits per heavy atom. The van der Waals surface area contributed by atoms with Crippen LogP contribution in [0.3, 0.4) is 0 Å². The van der Waals surface area contributed by atoms with Gasteiger partial charge in [0.25, 0.3) is 5.91 Å². The molecule has 1 amide bonds. The first-order valence-corrected chi connectivity index (χ1v) is 6.18. The van der Waals surface area contributed by atoms with E-state index in [9.17, 15) is 4.79 Å². The van der Waals surface area contributed by atoms with Gasteiger partial charge in [0, 0.05) is 32.1 Å². The van der Waals surface area contributed by atoms with Gasteiger partial charge in [-0.1, -0.05) is 11.8 Å². The van der Waals surface area contributed by atoms with Gasteiger partial charge in [-0.25, -0.2) is 0 Å². The van der Waals surface area contributed by atoms with E-state index in [0.29, 0.717) is 30.6 Å². The van der Waals surface area contributed by atoms with E-state index in [0.717, 1.165) is 0 Å². The molecule has 0 spiro atoms. The van der Waals surface area contributed by atoms with Crippen molar-refractivity contribution in [2.24, 2.45) is 0 Å². The highest BCUT2D eigenvalue weighted by atomic mass is 16.3. The van der Waals surface area contributed by atoms with Crippen molar-refractivity contribution >= 4 is 5.91 Å². The van der Waals surface area contributed by atoms with E-state index in [1.54, 1.807) is 11.0 Å². The molecular weight excluding hydrogens is 244 g/mol. The van der Waals surface area contributed by atoms with Crippen LogP contribution in [0.2, 0.25) is 0 Å². The number of nitrogens with zero attached hydrogens (tertiary/aromatic N) is 2. The average molecular weight is 262 g/mol. The zero-order chi connectivity index (χ0) is 14.1. The van der Waals surface area contributed by atoms with E-state index in [2.05, 4.69) is 16.8 Å². The number of carbonyl (C=O) groups is 1. The Labute approximate surface area is 112 Å². The number of pyridine rings is 1. The highest BCUT2D eigenvalue weighted by Crippen LogP contribution is 2.10. The fraction of sp³-hybridized carbons (Fsp3) is 0.429. The Balaban J connectivity index is 2.97. The van der Waals surface area contributed by atoms with Crippen molar-refractivity contribution in [2.45, 2.75) is 13.3 Å². The molecule has 0 saturated carbocycles. The summed E-state index contributed by atoms with van der Waals surface area (Å²) in [5, 5.41) is 17.5. The van der Waals surface area contributed by atoms with E-state index < -0.39 is 0 Å². The maximum Gasteiger partial charge on any atom is 0.255 e. The minimum absolute atomic E-state index is 0.0529. The summed E-state index contributed by atoms with van der Waals surface area (Å²) < 4.78 is 0. The van der Waals surface area contributed by atoms with Crippen LogP contribution < -0.4 is 0 Å². The maximum absolute atomic E-state index is 12.4. The Morgan fingerprint density at radius 2 is 2.26 bits per heavy atom. The van der Waals surface area contributed by atoms with Crippen LogP contribution in [0.25, 0.3) is 0 Å². The fourth-order valence-electron chi connectivity index (χ4n) is 1.65. The first-order chi connectivity index (χ1) is 9.24. The number of hydrogen-bond acceptors (Lipinski definition) is 4. The number of aliphatic hydroxyl groups excluding tert-OH is 2. The van der Waals surface area contributed by atoms with Crippen molar-refractivity contribution in [3.05, 3.63) is 29.6 Å². The molecule has 1 aromatic rings. The zero-order valence-corrected chi connectivity index (χ0v) is 11.0. The van der Waals surface area contributed by atoms with Crippen LogP contribution in [-0.2, 0) is 0 Å². The molecule has 0 fully saturated rings. The lowest BCUT2D eigenvalue weighted by Crippen LogP contribution is -2.32. The van der Waals surface area contributed by atoms with Gasteiger partial charge < -0.3 is 15.1 Å². The SMILES string of the molecule is CCN(CCCO)C(=O)c1ccncc1C#CCO. The first-order valence-electron chi connectivity index (χ1n) is 6.18. The summed E-state index contributed by atoms with van der Waals surface area (Å²) in [5.74, 6) is 5.10. The molecule has 1 rings (SSSR count). The third-order valence-corrected chi connectivity index (χ3v) is 2.61. The highest BCUT2D eigenvalue weighted by Gasteiger charge is 2.16. The lowest BCUT2D eigenvalue weighted by atomic mass is 10.1. The lowest BCUT2D eigenvalue weighted by molar-refractivity contribution is 0.0754. The van der Waals surface area contributed by atoms with Crippen molar-refractivity contribution in [1.82, 2.24) is 9.88 Å². The third kappa shape index (κ3) is 4.36. The lowest BCUT2D eigenvalue weighted by Gasteiger charge is -2.21. The van der Waals surface area contributed by atoms with Crippen molar-refractivity contribution in [1.29, 1.82) is 0 Å². The van der Waals surface area contributed by atoms with Crippen LogP contribution in [0.4, 0.5) is 0 Å². The Hall–Kier alpha value is -1.90. The summed E-state index contributed by atoms with van der Waals surface area (Å²) in [6.45, 7) is 2.74. The summed E-state index contributed by atoms with van der Waals surface area (Å²) >= 11 is 0. The van der Waals surface area contributed by atoms with E-state index in [-0.39, 0.29) is 19.1 Å². The van der Waals surface area contributed by atoms with E-state index in [1.807, 2.05) is 6.92 Å². The smallest absolute Gasteiger partial charge is 0.255 e. The number of aliphatic hydroxyl groups is 2. The summed E-state index contributed by atoms with van der Waals surface area (Å²) in [6.07, 6.45) is 3.59. The molecule has 0 atom stereocenters. The van der Waals surface area contributed by atoms with Gasteiger partial charge in [0.2, 0.25) is 0 Å². The predicted octanol–water partition coefficient (Wildman–Crippen LogP) is 0.270. The van der Waals surface area contributed by atoms with E-state index in [4.69, 9.17) is 10.2 Å². The maximum atomic E-state index is 12.4. The monoisotopic (exact) mass is 262 g/mol. The molecule has 0 bridgehead atoms. The van der Waals surface area contributed by atoms with Crippen LogP contribution in [0.15, 0.2) is 18.5 Å². The summed E-state index contributed by atoms with van der Waals surface area (Å²) in [5.41, 5.74) is 0.972. The van der Waals surface area contributed by atoms with Crippen molar-refractivity contribution < 1.29 is 15.0 Å². The standard InChI is InChI=1S/C14H18N2O3/c1-2-16(8-4-10-18)14(19)13-6-7-15-11-12(13)5-3-9-17/h6-7,11,17-18H,2,4,8-10H2,1H3. The largest absolute Gasteiger partial charge is 0.396 e. The number of amides is 1. The normalized spacial score (nSPS) is 9.63. The average Bonchev–Trinajstić information content (AvgIpc) is 2.46. The minimum atomic E-state index is -0.259. The minimum Gasteiger partial charge on any atom is -0.396 e. The van der Waals surface area contributed by atoms with Gasteiger partial charge in [0.05, 0.1) is 11.1 Å². The molecule has 1 heterocycles. The van der Waals surface area contributed by atoms with Crippen molar-refractivity contribution in [3.63, 3.8) is 0 Å². The Kier molecular flexibility index (Phi) is 6.58. The van der Waals surface area contributed by atoms with Crippen molar-refractivity contribution in [3.8, 4) is 11.8 Å². The molecule has 102 valence electrons. The molecule has 5 heteroatoms. The predicted molar refractivity (Wildman–Crippen MR) is 71.5 cm³/mol. The number of rotatable bonds is 5. The van der Waals surface area contributed by atoms with Gasteiger partial charge in [0.1, 0.15) is 6.61 Å². The molecular formula is C14H18N2O3. The van der Waals surface area contributed by atoms with Gasteiger partial charge in [-0.05, 0) is 19.4 Å². The molecule has 0 aliphatic heterocycles. The summed E-state index contributed by atoms with van der Waals surface area (Å²) in [7, 11) is 0. The van der Waals surface area contributed by atoms with Crippen LogP contribution in [0.5, 0.6) is 0 Å². The molecule has 0 aliphatic carbocycles. The first kappa shape index (κ1) is 15.2. The second-order valence-electron chi connectivity index (χ2n) is 3.84. The number of hydrogen-bond donors (Lipinski definition) is 2. The quantitative estimate of drug-likeness (QED) is 0.747. The van der Waals surface area contributed by atoms with Crippen LogP contribution in [0, 0.1) is 11.8 Å². The summed E-state index contributed by atoms with van der Waals surface area (Å²) in [6, 6.07) is 1.62. The zero-order valence-electron chi connectivity index (χ0n) is 11.0. The molecule has 0 aromatic carbocycles. The molecule has 0 radical (unpaired) electrons. The topological polar surface area (TPSA) is 73.7 Å². The van der Waals surface area contributed by atoms with Gasteiger partial charge in [0.15, 0.2) is 0 Å². The molecule has 0 unspecified atom stereocenters. The van der Waals surface area contributed by atoms with Gasteiger partial charge in [-0.2, -0.15) is 0 Å². The second-order valence-corrected chi connectivity index (χ2v) is 3.84. The van der Waals surface area contributed by atoms with Gasteiger partial charge in [-0.15, -0.1) is 0 Å². The molecule has 0 aliphatic rings. The number of carbonyl (C=O) groups excluding carboxylic acids is 1. The van der Waals surface area contributed by atoms with E-state index >= 15 is 0 Å². The summed E-state index contributed by atoms with van der Waals surface area (Å²) in [4.78, 5) is 17.9. The van der Waals surface area contributed by atoms with Crippen LogP contribution in [0.1, 0.15) is 29.3 Å². The van der Waals surface area contributed by atoms with Crippen molar-refractivity contribution in [2.75, 3.05) is 26.3 Å². The van der Waals surface area contributed by atoms with Crippen LogP contribution in [-0.4, -0.2) is 52.3 Å². The van der Waals surface area contributed by atoms with Gasteiger partial charge in [-0.3, -0.25) is 9.78 Å². The molecule has 2 N–H and O–H groups in total. The molecule has 19 heavy (non-hydrogen) atoms. The Bertz CT molecular complexity index is 477.